The third-order valence-electron chi connectivity index (χ3n) is 3.45. The Balaban J connectivity index is 1.94. The van der Waals surface area contributed by atoms with Gasteiger partial charge in [0.25, 0.3) is 0 Å². The van der Waals surface area contributed by atoms with Crippen LogP contribution in [0.5, 0.6) is 0 Å². The number of nitrogens with zero attached hydrogens (tertiary/aromatic N) is 3. The van der Waals surface area contributed by atoms with Gasteiger partial charge < -0.3 is 10.6 Å². The van der Waals surface area contributed by atoms with Gasteiger partial charge in [-0.1, -0.05) is 20.8 Å². The van der Waals surface area contributed by atoms with Crippen molar-refractivity contribution < 1.29 is 0 Å². The highest BCUT2D eigenvalue weighted by Gasteiger charge is 2.22. The SMILES string of the molecule is CC(C)(C)Cc1nc(N2CCC(CN)CC2)n[nH]1. The Morgan fingerprint density at radius 3 is 2.56 bits per heavy atom. The van der Waals surface area contributed by atoms with Crippen LogP contribution in [0.1, 0.15) is 39.4 Å². The van der Waals surface area contributed by atoms with Crippen molar-refractivity contribution in [3.63, 3.8) is 0 Å². The van der Waals surface area contributed by atoms with E-state index >= 15 is 0 Å². The van der Waals surface area contributed by atoms with Gasteiger partial charge in [-0.2, -0.15) is 4.98 Å². The first-order chi connectivity index (χ1) is 8.48. The fraction of sp³-hybridized carbons (Fsp3) is 0.846. The summed E-state index contributed by atoms with van der Waals surface area (Å²) in [5.41, 5.74) is 5.94. The molecule has 1 aliphatic heterocycles. The molecular weight excluding hydrogens is 226 g/mol. The number of H-pyrrole nitrogens is 1. The molecule has 1 fully saturated rings. The maximum Gasteiger partial charge on any atom is 0.244 e. The first-order valence-electron chi connectivity index (χ1n) is 6.84. The highest BCUT2D eigenvalue weighted by molar-refractivity contribution is 5.29. The van der Waals surface area contributed by atoms with Crippen molar-refractivity contribution in [1.82, 2.24) is 15.2 Å². The zero-order valence-electron chi connectivity index (χ0n) is 11.7. The van der Waals surface area contributed by atoms with Crippen LogP contribution in [0, 0.1) is 11.3 Å². The molecule has 0 unspecified atom stereocenters. The van der Waals surface area contributed by atoms with Crippen LogP contribution in [0.4, 0.5) is 5.95 Å². The van der Waals surface area contributed by atoms with Crippen LogP contribution in [0.15, 0.2) is 0 Å². The molecule has 5 heteroatoms. The lowest BCUT2D eigenvalue weighted by Crippen LogP contribution is -2.36. The first kappa shape index (κ1) is 13.3. The summed E-state index contributed by atoms with van der Waals surface area (Å²) in [6.45, 7) is 9.48. The van der Waals surface area contributed by atoms with Gasteiger partial charge in [-0.3, -0.25) is 5.10 Å². The molecule has 1 aromatic heterocycles. The molecule has 0 spiro atoms. The van der Waals surface area contributed by atoms with E-state index in [0.717, 1.165) is 50.7 Å². The lowest BCUT2D eigenvalue weighted by Gasteiger charge is -2.30. The molecule has 1 aromatic rings. The number of nitrogens with two attached hydrogens (primary N) is 1. The summed E-state index contributed by atoms with van der Waals surface area (Å²) in [7, 11) is 0. The smallest absolute Gasteiger partial charge is 0.244 e. The first-order valence-corrected chi connectivity index (χ1v) is 6.84. The summed E-state index contributed by atoms with van der Waals surface area (Å²) < 4.78 is 0. The predicted octanol–water partition coefficient (Wildman–Crippen LogP) is 1.57. The lowest BCUT2D eigenvalue weighted by atomic mass is 9.92. The van der Waals surface area contributed by atoms with Crippen LogP contribution < -0.4 is 10.6 Å². The molecule has 3 N–H and O–H groups in total. The Labute approximate surface area is 109 Å². The monoisotopic (exact) mass is 251 g/mol. The van der Waals surface area contributed by atoms with E-state index < -0.39 is 0 Å². The second kappa shape index (κ2) is 5.26. The van der Waals surface area contributed by atoms with E-state index in [9.17, 15) is 0 Å². The van der Waals surface area contributed by atoms with E-state index in [0.29, 0.717) is 5.92 Å². The molecule has 18 heavy (non-hydrogen) atoms. The van der Waals surface area contributed by atoms with Crippen molar-refractivity contribution in [2.75, 3.05) is 24.5 Å². The third kappa shape index (κ3) is 3.45. The summed E-state index contributed by atoms with van der Waals surface area (Å²) >= 11 is 0. The normalized spacial score (nSPS) is 18.3. The lowest BCUT2D eigenvalue weighted by molar-refractivity contribution is 0.400. The van der Waals surface area contributed by atoms with Gasteiger partial charge >= 0.3 is 0 Å². The highest BCUT2D eigenvalue weighted by Crippen LogP contribution is 2.22. The molecule has 0 aromatic carbocycles. The number of hydrogen-bond donors (Lipinski definition) is 2. The molecule has 5 nitrogen and oxygen atoms in total. The Hall–Kier alpha value is -1.10. The molecule has 0 radical (unpaired) electrons. The summed E-state index contributed by atoms with van der Waals surface area (Å²) in [5.74, 6) is 2.51. The fourth-order valence-corrected chi connectivity index (χ4v) is 2.38. The van der Waals surface area contributed by atoms with E-state index in [4.69, 9.17) is 5.73 Å². The van der Waals surface area contributed by atoms with Crippen molar-refractivity contribution in [2.45, 2.75) is 40.0 Å². The largest absolute Gasteiger partial charge is 0.340 e. The maximum absolute atomic E-state index is 5.70. The molecule has 102 valence electrons. The number of aromatic amines is 1. The molecule has 1 aliphatic rings. The Bertz CT molecular complexity index is 371. The molecule has 0 saturated carbocycles. The summed E-state index contributed by atoms with van der Waals surface area (Å²) in [6, 6.07) is 0. The number of piperidine rings is 1. The number of nitrogens with one attached hydrogen (secondary N) is 1. The van der Waals surface area contributed by atoms with Crippen molar-refractivity contribution in [2.24, 2.45) is 17.1 Å². The summed E-state index contributed by atoms with van der Waals surface area (Å²) in [4.78, 5) is 6.86. The molecule has 0 bridgehead atoms. The number of aromatic nitrogens is 3. The van der Waals surface area contributed by atoms with E-state index in [1.165, 1.54) is 0 Å². The van der Waals surface area contributed by atoms with Crippen molar-refractivity contribution in [3.8, 4) is 0 Å². The minimum atomic E-state index is 0.239. The third-order valence-corrected chi connectivity index (χ3v) is 3.45. The summed E-state index contributed by atoms with van der Waals surface area (Å²) in [6.07, 6.45) is 3.23. The molecule has 2 heterocycles. The van der Waals surface area contributed by atoms with Gasteiger partial charge in [0.15, 0.2) is 0 Å². The quantitative estimate of drug-likeness (QED) is 0.855. The van der Waals surface area contributed by atoms with Gasteiger partial charge in [0, 0.05) is 19.5 Å². The van der Waals surface area contributed by atoms with E-state index in [1.807, 2.05) is 0 Å². The van der Waals surface area contributed by atoms with E-state index in [1.54, 1.807) is 0 Å². The van der Waals surface area contributed by atoms with Crippen LogP contribution in [0.25, 0.3) is 0 Å². The average Bonchev–Trinajstić information content (AvgIpc) is 2.75. The van der Waals surface area contributed by atoms with Crippen LogP contribution in [-0.4, -0.2) is 34.8 Å². The minimum absolute atomic E-state index is 0.239. The number of anilines is 1. The second-order valence-electron chi connectivity index (χ2n) is 6.49. The van der Waals surface area contributed by atoms with Crippen LogP contribution in [-0.2, 0) is 6.42 Å². The van der Waals surface area contributed by atoms with Crippen LogP contribution in [0.2, 0.25) is 0 Å². The topological polar surface area (TPSA) is 70.8 Å². The Morgan fingerprint density at radius 1 is 1.33 bits per heavy atom. The molecule has 2 rings (SSSR count). The van der Waals surface area contributed by atoms with Crippen molar-refractivity contribution in [1.29, 1.82) is 0 Å². The van der Waals surface area contributed by atoms with Gasteiger partial charge in [0.05, 0.1) is 0 Å². The molecule has 0 aliphatic carbocycles. The van der Waals surface area contributed by atoms with Gasteiger partial charge in [-0.05, 0) is 30.7 Å². The number of hydrogen-bond acceptors (Lipinski definition) is 4. The molecule has 1 saturated heterocycles. The van der Waals surface area contributed by atoms with Gasteiger partial charge in [-0.15, -0.1) is 5.10 Å². The van der Waals surface area contributed by atoms with Crippen LogP contribution >= 0.6 is 0 Å². The van der Waals surface area contributed by atoms with Crippen LogP contribution in [0.3, 0.4) is 0 Å². The highest BCUT2D eigenvalue weighted by atomic mass is 15.4. The molecule has 0 amide bonds. The predicted molar refractivity (Wildman–Crippen MR) is 73.5 cm³/mol. The maximum atomic E-state index is 5.70. The number of rotatable bonds is 3. The van der Waals surface area contributed by atoms with Gasteiger partial charge in [0.1, 0.15) is 5.82 Å². The van der Waals surface area contributed by atoms with Crippen molar-refractivity contribution in [3.05, 3.63) is 5.82 Å². The zero-order chi connectivity index (χ0) is 13.2. The second-order valence-corrected chi connectivity index (χ2v) is 6.49. The Kier molecular flexibility index (Phi) is 3.90. The van der Waals surface area contributed by atoms with E-state index in [-0.39, 0.29) is 5.41 Å². The minimum Gasteiger partial charge on any atom is -0.340 e. The van der Waals surface area contributed by atoms with Gasteiger partial charge in [0.2, 0.25) is 5.95 Å². The molecular formula is C13H25N5. The standard InChI is InChI=1S/C13H25N5/c1-13(2,3)8-11-15-12(17-16-11)18-6-4-10(9-14)5-7-18/h10H,4-9,14H2,1-3H3,(H,15,16,17). The van der Waals surface area contributed by atoms with Gasteiger partial charge in [-0.25, -0.2) is 0 Å². The fourth-order valence-electron chi connectivity index (χ4n) is 2.38. The zero-order valence-corrected chi connectivity index (χ0v) is 11.7. The van der Waals surface area contributed by atoms with Crippen molar-refractivity contribution >= 4 is 5.95 Å². The van der Waals surface area contributed by atoms with E-state index in [2.05, 4.69) is 40.9 Å². The average molecular weight is 251 g/mol. The Morgan fingerprint density at radius 2 is 2.00 bits per heavy atom. The summed E-state index contributed by atoms with van der Waals surface area (Å²) in [5, 5.41) is 7.39. The molecule has 0 atom stereocenters.